The fraction of sp³-hybridized carbons (Fsp3) is 0.520. The molecular weight excluding hydrogens is 438 g/mol. The zero-order valence-electron chi connectivity index (χ0n) is 20.4. The van der Waals surface area contributed by atoms with Gasteiger partial charge in [0.2, 0.25) is 15.9 Å². The molecule has 180 valence electrons. The molecule has 3 rings (SSSR count). The van der Waals surface area contributed by atoms with Crippen molar-refractivity contribution in [2.75, 3.05) is 13.1 Å². The van der Waals surface area contributed by atoms with Gasteiger partial charge in [-0.15, -0.1) is 0 Å². The normalized spacial score (nSPS) is 18.5. The maximum atomic E-state index is 13.6. The first kappa shape index (κ1) is 25.2. The highest BCUT2D eigenvalue weighted by atomic mass is 32.2. The Morgan fingerprint density at radius 1 is 1.24 bits per heavy atom. The van der Waals surface area contributed by atoms with Gasteiger partial charge in [-0.25, -0.2) is 8.42 Å². The SMILES string of the molecule is CC[C@H](C)NC(=O)[C@@H]1CCCN(S(=O)(=O)c2c(C)noc2/C=C/c2c(C)cc(C)cc2C)C1. The molecule has 0 bridgehead atoms. The number of aromatic nitrogens is 1. The van der Waals surface area contributed by atoms with Gasteiger partial charge in [-0.1, -0.05) is 35.9 Å². The van der Waals surface area contributed by atoms with Crippen LogP contribution < -0.4 is 5.32 Å². The van der Waals surface area contributed by atoms with Crippen molar-refractivity contribution in [3.63, 3.8) is 0 Å². The quantitative estimate of drug-likeness (QED) is 0.644. The molecule has 0 unspecified atom stereocenters. The van der Waals surface area contributed by atoms with Crippen molar-refractivity contribution in [2.24, 2.45) is 5.92 Å². The highest BCUT2D eigenvalue weighted by molar-refractivity contribution is 7.89. The summed E-state index contributed by atoms with van der Waals surface area (Å²) in [6, 6.07) is 4.25. The van der Waals surface area contributed by atoms with Gasteiger partial charge in [0, 0.05) is 19.1 Å². The van der Waals surface area contributed by atoms with Crippen LogP contribution in [0.15, 0.2) is 21.6 Å². The van der Waals surface area contributed by atoms with Crippen LogP contribution in [0.5, 0.6) is 0 Å². The monoisotopic (exact) mass is 473 g/mol. The minimum absolute atomic E-state index is 0.0650. The van der Waals surface area contributed by atoms with Gasteiger partial charge in [0.15, 0.2) is 10.7 Å². The number of nitrogens with zero attached hydrogens (tertiary/aromatic N) is 2. The van der Waals surface area contributed by atoms with Crippen molar-refractivity contribution < 1.29 is 17.7 Å². The summed E-state index contributed by atoms with van der Waals surface area (Å²) < 4.78 is 34.0. The van der Waals surface area contributed by atoms with Crippen LogP contribution in [0.25, 0.3) is 12.2 Å². The highest BCUT2D eigenvalue weighted by Gasteiger charge is 2.37. The Hall–Kier alpha value is -2.45. The Kier molecular flexibility index (Phi) is 7.80. The molecule has 1 amide bonds. The number of aryl methyl sites for hydroxylation is 4. The van der Waals surface area contributed by atoms with Gasteiger partial charge in [0.1, 0.15) is 5.69 Å². The molecule has 1 aliphatic heterocycles. The number of rotatable bonds is 7. The second kappa shape index (κ2) is 10.2. The van der Waals surface area contributed by atoms with Crippen molar-refractivity contribution in [3.05, 3.63) is 45.8 Å². The molecule has 0 spiro atoms. The van der Waals surface area contributed by atoms with E-state index in [0.717, 1.165) is 23.1 Å². The summed E-state index contributed by atoms with van der Waals surface area (Å²) in [5, 5.41) is 6.92. The third kappa shape index (κ3) is 5.55. The molecule has 2 aromatic rings. The summed E-state index contributed by atoms with van der Waals surface area (Å²) in [6.45, 7) is 12.2. The largest absolute Gasteiger partial charge is 0.355 e. The first-order valence-corrected chi connectivity index (χ1v) is 13.0. The van der Waals surface area contributed by atoms with Crippen LogP contribution in [0.2, 0.25) is 0 Å². The number of benzene rings is 1. The molecule has 7 nitrogen and oxygen atoms in total. The minimum atomic E-state index is -3.87. The Bertz CT molecular complexity index is 1130. The standard InChI is InChI=1S/C25H35N3O4S/c1-7-19(5)26-25(29)21-9-8-12-28(15-21)33(30,31)24-20(6)27-32-23(24)11-10-22-17(3)13-16(2)14-18(22)4/h10-11,13-14,19,21H,7-9,12,15H2,1-6H3,(H,26,29)/b11-10+/t19-,21+/m0/s1. The number of hydrogen-bond acceptors (Lipinski definition) is 5. The number of hydrogen-bond donors (Lipinski definition) is 1. The lowest BCUT2D eigenvalue weighted by Crippen LogP contribution is -2.47. The molecular formula is C25H35N3O4S. The molecule has 1 aliphatic rings. The lowest BCUT2D eigenvalue weighted by Gasteiger charge is -2.31. The Morgan fingerprint density at radius 2 is 1.91 bits per heavy atom. The van der Waals surface area contributed by atoms with Crippen LogP contribution in [0.1, 0.15) is 66.8 Å². The third-order valence-electron chi connectivity index (χ3n) is 6.33. The van der Waals surface area contributed by atoms with E-state index in [1.807, 2.05) is 40.7 Å². The highest BCUT2D eigenvalue weighted by Crippen LogP contribution is 2.30. The van der Waals surface area contributed by atoms with Gasteiger partial charge in [0.05, 0.1) is 5.92 Å². The molecule has 1 saturated heterocycles. The van der Waals surface area contributed by atoms with Crippen LogP contribution in [0.4, 0.5) is 0 Å². The second-order valence-electron chi connectivity index (χ2n) is 9.13. The minimum Gasteiger partial charge on any atom is -0.355 e. The average molecular weight is 474 g/mol. The lowest BCUT2D eigenvalue weighted by atomic mass is 9.98. The zero-order valence-corrected chi connectivity index (χ0v) is 21.3. The van der Waals surface area contributed by atoms with E-state index >= 15 is 0 Å². The molecule has 0 saturated carbocycles. The van der Waals surface area contributed by atoms with Gasteiger partial charge >= 0.3 is 0 Å². The maximum absolute atomic E-state index is 13.6. The fourth-order valence-corrected chi connectivity index (χ4v) is 6.15. The molecule has 8 heteroatoms. The van der Waals surface area contributed by atoms with Crippen LogP contribution in [-0.4, -0.2) is 42.9 Å². The molecule has 0 aliphatic carbocycles. The molecule has 2 heterocycles. The summed E-state index contributed by atoms with van der Waals surface area (Å²) in [6.07, 6.45) is 5.69. The zero-order chi connectivity index (χ0) is 24.3. The van der Waals surface area contributed by atoms with E-state index in [1.165, 1.54) is 9.87 Å². The number of carbonyl (C=O) groups is 1. The van der Waals surface area contributed by atoms with Crippen molar-refractivity contribution >= 4 is 28.1 Å². The predicted octanol–water partition coefficient (Wildman–Crippen LogP) is 4.39. The maximum Gasteiger partial charge on any atom is 0.248 e. The van der Waals surface area contributed by atoms with Gasteiger partial charge in [-0.2, -0.15) is 4.31 Å². The molecule has 0 radical (unpaired) electrons. The molecule has 1 aromatic heterocycles. The first-order valence-electron chi connectivity index (χ1n) is 11.6. The van der Waals surface area contributed by atoms with Gasteiger partial charge in [-0.3, -0.25) is 4.79 Å². The Balaban J connectivity index is 1.88. The summed E-state index contributed by atoms with van der Waals surface area (Å²) in [5.74, 6) is -0.241. The molecule has 1 aromatic carbocycles. The van der Waals surface area contributed by atoms with Gasteiger partial charge in [0.25, 0.3) is 0 Å². The predicted molar refractivity (Wildman–Crippen MR) is 130 cm³/mol. The number of nitrogens with one attached hydrogen (secondary N) is 1. The Labute approximate surface area is 197 Å². The van der Waals surface area contributed by atoms with Crippen LogP contribution >= 0.6 is 0 Å². The smallest absolute Gasteiger partial charge is 0.248 e. The van der Waals surface area contributed by atoms with Crippen molar-refractivity contribution in [1.82, 2.24) is 14.8 Å². The number of piperidine rings is 1. The number of carbonyl (C=O) groups excluding carboxylic acids is 1. The van der Waals surface area contributed by atoms with Crippen molar-refractivity contribution in [2.45, 2.75) is 71.7 Å². The van der Waals surface area contributed by atoms with E-state index in [1.54, 1.807) is 13.0 Å². The summed E-state index contributed by atoms with van der Waals surface area (Å²) in [4.78, 5) is 12.7. The third-order valence-corrected chi connectivity index (χ3v) is 8.35. The molecule has 33 heavy (non-hydrogen) atoms. The van der Waals surface area contributed by atoms with E-state index < -0.39 is 10.0 Å². The second-order valence-corrected chi connectivity index (χ2v) is 11.0. The van der Waals surface area contributed by atoms with E-state index in [4.69, 9.17) is 4.52 Å². The van der Waals surface area contributed by atoms with E-state index in [9.17, 15) is 13.2 Å². The van der Waals surface area contributed by atoms with Crippen LogP contribution in [-0.2, 0) is 14.8 Å². The van der Waals surface area contributed by atoms with Gasteiger partial charge in [-0.05, 0) is 76.6 Å². The van der Waals surface area contributed by atoms with Crippen molar-refractivity contribution in [3.8, 4) is 0 Å². The molecule has 1 N–H and O–H groups in total. The topological polar surface area (TPSA) is 92.5 Å². The van der Waals surface area contributed by atoms with E-state index in [2.05, 4.69) is 22.6 Å². The number of amides is 1. The summed E-state index contributed by atoms with van der Waals surface area (Å²) in [7, 11) is -3.87. The van der Waals surface area contributed by atoms with Crippen molar-refractivity contribution in [1.29, 1.82) is 0 Å². The average Bonchev–Trinajstić information content (AvgIpc) is 3.14. The summed E-state index contributed by atoms with van der Waals surface area (Å²) >= 11 is 0. The van der Waals surface area contributed by atoms with E-state index in [-0.39, 0.29) is 35.1 Å². The van der Waals surface area contributed by atoms with Crippen LogP contribution in [0, 0.1) is 33.6 Å². The first-order chi connectivity index (χ1) is 15.5. The summed E-state index contributed by atoms with van der Waals surface area (Å²) in [5.41, 5.74) is 4.74. The lowest BCUT2D eigenvalue weighted by molar-refractivity contribution is -0.126. The number of sulfonamides is 1. The Morgan fingerprint density at radius 3 is 2.55 bits per heavy atom. The van der Waals surface area contributed by atoms with Crippen LogP contribution in [0.3, 0.4) is 0 Å². The van der Waals surface area contributed by atoms with E-state index in [0.29, 0.717) is 25.1 Å². The van der Waals surface area contributed by atoms with Gasteiger partial charge < -0.3 is 9.84 Å². The molecule has 2 atom stereocenters. The molecule has 1 fully saturated rings. The fourth-order valence-electron chi connectivity index (χ4n) is 4.38.